The third-order valence-electron chi connectivity index (χ3n) is 9.51. The molecule has 4 amide bonds. The molecule has 0 saturated carbocycles. The molecule has 4 aromatic rings. The van der Waals surface area contributed by atoms with Crippen LogP contribution in [0.5, 0.6) is 0 Å². The average Bonchev–Trinajstić information content (AvgIpc) is 3.48. The summed E-state index contributed by atoms with van der Waals surface area (Å²) in [7, 11) is 3.90. The number of nitrogens with zero attached hydrogens (tertiary/aromatic N) is 2. The van der Waals surface area contributed by atoms with E-state index >= 15 is 0 Å². The van der Waals surface area contributed by atoms with Crippen molar-refractivity contribution in [2.45, 2.75) is 72.6 Å². The lowest BCUT2D eigenvalue weighted by molar-refractivity contribution is -0.135. The molecule has 4 aromatic carbocycles. The number of likely N-dealkylation sites (N-methyl/N-ethyl adjacent to an activating group) is 1. The molecular formula is C46H67N7O4. The van der Waals surface area contributed by atoms with Crippen LogP contribution in [0.1, 0.15) is 70.9 Å². The zero-order valence-corrected chi connectivity index (χ0v) is 35.1. The molecule has 0 spiro atoms. The van der Waals surface area contributed by atoms with E-state index < -0.39 is 0 Å². The summed E-state index contributed by atoms with van der Waals surface area (Å²) in [5, 5.41) is 14.9. The van der Waals surface area contributed by atoms with Crippen LogP contribution in [0.3, 0.4) is 0 Å². The second-order valence-corrected chi connectivity index (χ2v) is 13.6. The average molecular weight is 782 g/mol. The lowest BCUT2D eigenvalue weighted by atomic mass is 10.0. The highest BCUT2D eigenvalue weighted by atomic mass is 16.2. The minimum Gasteiger partial charge on any atom is -0.372 e. The van der Waals surface area contributed by atoms with Gasteiger partial charge in [0.1, 0.15) is 0 Å². The summed E-state index contributed by atoms with van der Waals surface area (Å²) in [6.45, 7) is 12.3. The quantitative estimate of drug-likeness (QED) is 0.0816. The third kappa shape index (κ3) is 17.6. The van der Waals surface area contributed by atoms with Gasteiger partial charge in [-0.1, -0.05) is 93.6 Å². The molecule has 1 fully saturated rings. The van der Waals surface area contributed by atoms with Gasteiger partial charge in [0.25, 0.3) is 0 Å². The minimum absolute atomic E-state index is 0.0386. The molecule has 6 N–H and O–H groups in total. The third-order valence-corrected chi connectivity index (χ3v) is 9.51. The van der Waals surface area contributed by atoms with Gasteiger partial charge >= 0.3 is 0 Å². The molecule has 57 heavy (non-hydrogen) atoms. The van der Waals surface area contributed by atoms with Crippen molar-refractivity contribution in [2.75, 3.05) is 68.9 Å². The van der Waals surface area contributed by atoms with E-state index in [-0.39, 0.29) is 30.0 Å². The maximum atomic E-state index is 13.2. The van der Waals surface area contributed by atoms with Crippen LogP contribution in [0, 0.1) is 5.92 Å². The summed E-state index contributed by atoms with van der Waals surface area (Å²) < 4.78 is 0. The number of hydrogen-bond acceptors (Lipinski definition) is 7. The van der Waals surface area contributed by atoms with Crippen molar-refractivity contribution in [3.05, 3.63) is 102 Å². The zero-order chi connectivity index (χ0) is 41.8. The van der Waals surface area contributed by atoms with Crippen LogP contribution in [0.25, 0.3) is 10.8 Å². The number of amides is 4. The van der Waals surface area contributed by atoms with Gasteiger partial charge in [-0.15, -0.1) is 0 Å². The molecule has 11 heteroatoms. The van der Waals surface area contributed by atoms with Crippen molar-refractivity contribution < 1.29 is 19.2 Å². The van der Waals surface area contributed by atoms with Gasteiger partial charge in [-0.3, -0.25) is 19.2 Å². The molecule has 0 bridgehead atoms. The number of rotatable bonds is 15. The molecule has 1 saturated heterocycles. The summed E-state index contributed by atoms with van der Waals surface area (Å²) in [6.07, 6.45) is 5.89. The predicted octanol–water partition coefficient (Wildman–Crippen LogP) is 7.01. The van der Waals surface area contributed by atoms with Gasteiger partial charge in [0.05, 0.1) is 11.4 Å². The fourth-order valence-corrected chi connectivity index (χ4v) is 6.62. The highest BCUT2D eigenvalue weighted by molar-refractivity contribution is 5.97. The molecule has 0 aliphatic carbocycles. The van der Waals surface area contributed by atoms with Crippen molar-refractivity contribution in [2.24, 2.45) is 11.7 Å². The van der Waals surface area contributed by atoms with Crippen LogP contribution in [-0.2, 0) is 32.0 Å². The van der Waals surface area contributed by atoms with E-state index in [1.54, 1.807) is 0 Å². The highest BCUT2D eigenvalue weighted by Gasteiger charge is 2.26. The lowest BCUT2D eigenvalue weighted by Gasteiger charge is -2.28. The summed E-state index contributed by atoms with van der Waals surface area (Å²) >= 11 is 0. The fourth-order valence-electron chi connectivity index (χ4n) is 6.62. The first-order valence-corrected chi connectivity index (χ1v) is 20.4. The fraction of sp³-hybridized carbons (Fsp3) is 0.435. The zero-order valence-electron chi connectivity index (χ0n) is 35.1. The van der Waals surface area contributed by atoms with Gasteiger partial charge < -0.3 is 36.8 Å². The maximum Gasteiger partial charge on any atom is 0.225 e. The number of primary amides is 1. The van der Waals surface area contributed by atoms with Crippen molar-refractivity contribution in [3.63, 3.8) is 0 Å². The first kappa shape index (κ1) is 47.9. The Morgan fingerprint density at radius 3 is 2.12 bits per heavy atom. The number of carbonyl (C=O) groups is 4. The Morgan fingerprint density at radius 1 is 0.772 bits per heavy atom. The summed E-state index contributed by atoms with van der Waals surface area (Å²) in [6, 6.07) is 30.9. The predicted molar refractivity (Wildman–Crippen MR) is 238 cm³/mol. The Hall–Kier alpha value is -5.26. The van der Waals surface area contributed by atoms with Crippen LogP contribution in [0.2, 0.25) is 0 Å². The largest absolute Gasteiger partial charge is 0.372 e. The van der Waals surface area contributed by atoms with Gasteiger partial charge in [-0.2, -0.15) is 0 Å². The van der Waals surface area contributed by atoms with Crippen LogP contribution < -0.4 is 31.9 Å². The summed E-state index contributed by atoms with van der Waals surface area (Å²) in [5.74, 6) is 0.0592. The second-order valence-electron chi connectivity index (χ2n) is 13.6. The van der Waals surface area contributed by atoms with Crippen molar-refractivity contribution >= 4 is 52.0 Å². The van der Waals surface area contributed by atoms with Crippen molar-refractivity contribution in [1.82, 2.24) is 15.5 Å². The van der Waals surface area contributed by atoms with Crippen LogP contribution in [0.15, 0.2) is 91.0 Å². The van der Waals surface area contributed by atoms with Crippen molar-refractivity contribution in [3.8, 4) is 0 Å². The molecule has 5 rings (SSSR count). The number of benzene rings is 4. The highest BCUT2D eigenvalue weighted by Crippen LogP contribution is 2.31. The number of carbonyl (C=O) groups excluding carboxylic acids is 4. The van der Waals surface area contributed by atoms with Crippen LogP contribution in [-0.4, -0.2) is 82.4 Å². The van der Waals surface area contributed by atoms with E-state index in [1.165, 1.54) is 28.8 Å². The van der Waals surface area contributed by atoms with E-state index in [2.05, 4.69) is 93.4 Å². The van der Waals surface area contributed by atoms with E-state index in [9.17, 15) is 14.4 Å². The Morgan fingerprint density at radius 2 is 1.46 bits per heavy atom. The lowest BCUT2D eigenvalue weighted by Crippen LogP contribution is -2.39. The standard InChI is InChI=1S/C30H43N5O3.C13H15N.C2H6.CH3NO/c1-4-25(16-17-31-3)30(38)35-19-9-18-34(20-21-35)28-15-14-26(32-23(2)36)22-27(28)33-29(37)13-8-12-24-10-6-5-7-11-24;1-14-9-8-11-6-7-12-4-2-3-5-13(12)10-11;1-2;2-1-3/h5-7,10-11,14-15,22,25,31H,4,8-9,12-13,16-21H2,1-3H3,(H,32,36)(H,33,37);2-7,10,14H,8-9H2,1H3;1-2H3;1H,(H2,2,3). The van der Waals surface area contributed by atoms with Crippen molar-refractivity contribution in [1.29, 1.82) is 0 Å². The number of nitrogens with one attached hydrogen (secondary N) is 4. The van der Waals surface area contributed by atoms with Gasteiger partial charge in [-0.25, -0.2) is 0 Å². The number of fused-ring (bicyclic) bond motifs is 1. The first-order chi connectivity index (χ1) is 27.7. The summed E-state index contributed by atoms with van der Waals surface area (Å²) in [4.78, 5) is 50.5. The summed E-state index contributed by atoms with van der Waals surface area (Å²) in [5.41, 5.74) is 9.02. The minimum atomic E-state index is -0.162. The topological polar surface area (TPSA) is 149 Å². The SMILES string of the molecule is CC.CCC(CCNC)C(=O)N1CCCN(c2ccc(NC(C)=O)cc2NC(=O)CCCc2ccccc2)CC1.CNCCc1ccc2ccccc2c1.NC=O. The van der Waals surface area contributed by atoms with Crippen LogP contribution >= 0.6 is 0 Å². The Labute approximate surface area is 341 Å². The van der Waals surface area contributed by atoms with Gasteiger partial charge in [0.15, 0.2) is 0 Å². The molecule has 1 aliphatic heterocycles. The molecule has 1 aliphatic rings. The number of nitrogens with two attached hydrogens (primary N) is 1. The number of hydrogen-bond donors (Lipinski definition) is 5. The van der Waals surface area contributed by atoms with Gasteiger partial charge in [0.2, 0.25) is 24.1 Å². The number of anilines is 3. The Bertz CT molecular complexity index is 1770. The Balaban J connectivity index is 0.000000485. The van der Waals surface area contributed by atoms with Gasteiger partial charge in [-0.05, 0) is 106 Å². The molecule has 1 heterocycles. The monoisotopic (exact) mass is 782 g/mol. The van der Waals surface area contributed by atoms with E-state index in [0.29, 0.717) is 30.9 Å². The van der Waals surface area contributed by atoms with E-state index in [0.717, 1.165) is 70.4 Å². The second kappa shape index (κ2) is 28.2. The number of aryl methyl sites for hydroxylation is 1. The Kier molecular flexibility index (Phi) is 23.7. The smallest absolute Gasteiger partial charge is 0.225 e. The van der Waals surface area contributed by atoms with Crippen LogP contribution in [0.4, 0.5) is 17.1 Å². The molecule has 1 atom stereocenters. The molecule has 310 valence electrons. The van der Waals surface area contributed by atoms with E-state index in [4.69, 9.17) is 4.79 Å². The molecule has 0 radical (unpaired) electrons. The van der Waals surface area contributed by atoms with E-state index in [1.807, 2.05) is 69.2 Å². The molecule has 0 aromatic heterocycles. The normalized spacial score (nSPS) is 12.6. The maximum absolute atomic E-state index is 13.2. The van der Waals surface area contributed by atoms with Gasteiger partial charge in [0, 0.05) is 51.1 Å². The molecular weight excluding hydrogens is 715 g/mol. The molecule has 1 unspecified atom stereocenters. The first-order valence-electron chi connectivity index (χ1n) is 20.4. The molecule has 11 nitrogen and oxygen atoms in total.